The van der Waals surface area contributed by atoms with Crippen molar-refractivity contribution >= 4 is 12.2 Å². The summed E-state index contributed by atoms with van der Waals surface area (Å²) in [6.07, 6.45) is -0.632. The van der Waals surface area contributed by atoms with E-state index in [4.69, 9.17) is 4.74 Å². The number of rotatable bonds is 9. The van der Waals surface area contributed by atoms with Crippen LogP contribution in [0.2, 0.25) is 0 Å². The third kappa shape index (κ3) is 6.13. The zero-order valence-corrected chi connectivity index (χ0v) is 16.8. The highest BCUT2D eigenvalue weighted by molar-refractivity contribution is 5.69. The number of alkyl halides is 3. The van der Waals surface area contributed by atoms with Gasteiger partial charge in [0.15, 0.2) is 0 Å². The second-order valence-corrected chi connectivity index (χ2v) is 6.88. The third-order valence-corrected chi connectivity index (χ3v) is 5.43. The molecule has 0 amide bonds. The molecule has 0 unspecified atom stereocenters. The van der Waals surface area contributed by atoms with Crippen LogP contribution in [0.15, 0.2) is 48.5 Å². The first-order valence-electron chi connectivity index (χ1n) is 9.75. The van der Waals surface area contributed by atoms with Crippen molar-refractivity contribution in [2.75, 3.05) is 32.8 Å². The van der Waals surface area contributed by atoms with Gasteiger partial charge in [0.2, 0.25) is 0 Å². The summed E-state index contributed by atoms with van der Waals surface area (Å²) in [6.45, 7) is 11.6. The minimum Gasteiger partial charge on any atom is -0.488 e. The second kappa shape index (κ2) is 9.78. The van der Waals surface area contributed by atoms with Crippen LogP contribution in [0.4, 0.5) is 13.2 Å². The average Bonchev–Trinajstić information content (AvgIpc) is 2.71. The largest absolute Gasteiger partial charge is 0.488 e. The molecule has 0 saturated carbocycles. The van der Waals surface area contributed by atoms with Gasteiger partial charge in [-0.15, -0.1) is 0 Å². The van der Waals surface area contributed by atoms with Crippen molar-refractivity contribution in [3.63, 3.8) is 0 Å². The van der Waals surface area contributed by atoms with Crippen molar-refractivity contribution in [3.8, 4) is 5.75 Å². The molecule has 0 spiro atoms. The molecule has 0 N–H and O–H groups in total. The smallest absolute Gasteiger partial charge is 0.416 e. The summed E-state index contributed by atoms with van der Waals surface area (Å²) in [5.41, 5.74) is 1.05. The van der Waals surface area contributed by atoms with E-state index in [1.54, 1.807) is 6.08 Å². The number of ether oxygens (including phenoxy) is 1. The molecule has 0 aliphatic heterocycles. The Morgan fingerprint density at radius 1 is 0.786 bits per heavy atom. The standard InChI is InChI=1S/C23H29F3NO/c1-4-27(5-2,6-3)17-18-28-22-15-11-20(12-16-22)8-7-19-9-13-21(14-10-19)23(24,25)26/h7-16H,4-6,17-18H2,1-3H3/q+1/b8-7+. The van der Waals surface area contributed by atoms with E-state index in [2.05, 4.69) is 20.8 Å². The van der Waals surface area contributed by atoms with Crippen molar-refractivity contribution < 1.29 is 22.4 Å². The minimum absolute atomic E-state index is 0.636. The summed E-state index contributed by atoms with van der Waals surface area (Å²) in [5.74, 6) is 0.827. The van der Waals surface area contributed by atoms with Crippen LogP contribution >= 0.6 is 0 Å². The molecule has 2 aromatic rings. The maximum atomic E-state index is 12.6. The number of likely N-dealkylation sites (N-methyl/N-ethyl adjacent to an activating group) is 1. The number of hydrogen-bond donors (Lipinski definition) is 0. The molecule has 0 saturated heterocycles. The molecule has 2 rings (SSSR count). The van der Waals surface area contributed by atoms with Gasteiger partial charge >= 0.3 is 6.18 Å². The molecule has 0 aliphatic carbocycles. The number of benzene rings is 2. The minimum atomic E-state index is -4.30. The fraction of sp³-hybridized carbons (Fsp3) is 0.391. The molecular weight excluding hydrogens is 363 g/mol. The van der Waals surface area contributed by atoms with E-state index in [1.807, 2.05) is 30.3 Å². The van der Waals surface area contributed by atoms with Gasteiger partial charge in [0.05, 0.1) is 25.2 Å². The molecular formula is C23H29F3NO+. The molecule has 0 radical (unpaired) electrons. The Kier molecular flexibility index (Phi) is 7.69. The molecule has 0 aromatic heterocycles. The molecule has 2 aromatic carbocycles. The average molecular weight is 392 g/mol. The second-order valence-electron chi connectivity index (χ2n) is 6.88. The van der Waals surface area contributed by atoms with Crippen LogP contribution < -0.4 is 4.74 Å². The Hall–Kier alpha value is -2.27. The van der Waals surface area contributed by atoms with Crippen LogP contribution in [-0.4, -0.2) is 37.3 Å². The Balaban J connectivity index is 1.91. The van der Waals surface area contributed by atoms with Crippen LogP contribution in [0.5, 0.6) is 5.75 Å². The fourth-order valence-corrected chi connectivity index (χ4v) is 3.15. The molecule has 0 aliphatic rings. The zero-order valence-electron chi connectivity index (χ0n) is 16.8. The van der Waals surface area contributed by atoms with Crippen molar-refractivity contribution in [2.24, 2.45) is 0 Å². The number of quaternary nitrogens is 1. The van der Waals surface area contributed by atoms with E-state index in [-0.39, 0.29) is 0 Å². The lowest BCUT2D eigenvalue weighted by Gasteiger charge is -2.35. The first kappa shape index (κ1) is 22.0. The molecule has 152 valence electrons. The predicted octanol–water partition coefficient (Wildman–Crippen LogP) is 6.13. The first-order valence-corrected chi connectivity index (χ1v) is 9.75. The molecule has 0 heterocycles. The number of halogens is 3. The fourth-order valence-electron chi connectivity index (χ4n) is 3.15. The van der Waals surface area contributed by atoms with Crippen LogP contribution in [0.25, 0.3) is 12.2 Å². The van der Waals surface area contributed by atoms with E-state index >= 15 is 0 Å². The highest BCUT2D eigenvalue weighted by Gasteiger charge is 2.29. The number of nitrogens with zero attached hydrogens (tertiary/aromatic N) is 1. The Morgan fingerprint density at radius 3 is 1.68 bits per heavy atom. The van der Waals surface area contributed by atoms with Crippen LogP contribution in [0, 0.1) is 0 Å². The van der Waals surface area contributed by atoms with E-state index in [1.165, 1.54) is 12.1 Å². The summed E-state index contributed by atoms with van der Waals surface area (Å²) >= 11 is 0. The van der Waals surface area contributed by atoms with E-state index in [0.29, 0.717) is 6.61 Å². The first-order chi connectivity index (χ1) is 13.3. The molecule has 2 nitrogen and oxygen atoms in total. The third-order valence-electron chi connectivity index (χ3n) is 5.43. The van der Waals surface area contributed by atoms with Gasteiger partial charge in [-0.25, -0.2) is 0 Å². The Bertz CT molecular complexity index is 737. The topological polar surface area (TPSA) is 9.23 Å². The van der Waals surface area contributed by atoms with E-state index in [9.17, 15) is 13.2 Å². The van der Waals surface area contributed by atoms with Gasteiger partial charge in [-0.05, 0) is 56.2 Å². The normalized spacial score (nSPS) is 12.5. The summed E-state index contributed by atoms with van der Waals surface area (Å²) in [5, 5.41) is 0. The van der Waals surface area contributed by atoms with Gasteiger partial charge in [0, 0.05) is 0 Å². The van der Waals surface area contributed by atoms with Crippen LogP contribution in [0.1, 0.15) is 37.5 Å². The molecule has 5 heteroatoms. The van der Waals surface area contributed by atoms with Gasteiger partial charge < -0.3 is 9.22 Å². The maximum Gasteiger partial charge on any atom is 0.416 e. The van der Waals surface area contributed by atoms with Crippen molar-refractivity contribution in [1.29, 1.82) is 0 Å². The lowest BCUT2D eigenvalue weighted by atomic mass is 10.1. The van der Waals surface area contributed by atoms with Crippen LogP contribution in [-0.2, 0) is 6.18 Å². The summed E-state index contributed by atoms with van der Waals surface area (Å²) in [6, 6.07) is 12.9. The lowest BCUT2D eigenvalue weighted by Crippen LogP contribution is -2.49. The van der Waals surface area contributed by atoms with E-state index in [0.717, 1.165) is 59.7 Å². The summed E-state index contributed by atoms with van der Waals surface area (Å²) in [7, 11) is 0. The molecule has 0 bridgehead atoms. The van der Waals surface area contributed by atoms with Gasteiger partial charge in [-0.2, -0.15) is 13.2 Å². The highest BCUT2D eigenvalue weighted by atomic mass is 19.4. The summed E-state index contributed by atoms with van der Waals surface area (Å²) < 4.78 is 44.7. The van der Waals surface area contributed by atoms with Crippen LogP contribution in [0.3, 0.4) is 0 Å². The van der Waals surface area contributed by atoms with Gasteiger partial charge in [-0.1, -0.05) is 36.4 Å². The molecule has 0 atom stereocenters. The SMILES string of the molecule is CC[N+](CC)(CC)CCOc1ccc(/C=C/c2ccc(C(F)(F)F)cc2)cc1. The van der Waals surface area contributed by atoms with Gasteiger partial charge in [0.1, 0.15) is 18.9 Å². The Labute approximate surface area is 165 Å². The monoisotopic (exact) mass is 392 g/mol. The van der Waals surface area contributed by atoms with Crippen molar-refractivity contribution in [3.05, 3.63) is 65.2 Å². The summed E-state index contributed by atoms with van der Waals surface area (Å²) in [4.78, 5) is 0. The van der Waals surface area contributed by atoms with Crippen molar-refractivity contribution in [1.82, 2.24) is 0 Å². The number of hydrogen-bond acceptors (Lipinski definition) is 1. The van der Waals surface area contributed by atoms with E-state index < -0.39 is 11.7 Å². The van der Waals surface area contributed by atoms with Gasteiger partial charge in [0.25, 0.3) is 0 Å². The predicted molar refractivity (Wildman–Crippen MR) is 109 cm³/mol. The quantitative estimate of drug-likeness (QED) is 0.368. The highest BCUT2D eigenvalue weighted by Crippen LogP contribution is 2.29. The maximum absolute atomic E-state index is 12.6. The molecule has 28 heavy (non-hydrogen) atoms. The van der Waals surface area contributed by atoms with Gasteiger partial charge in [-0.3, -0.25) is 0 Å². The zero-order chi connectivity index (χ0) is 20.6. The molecule has 0 fully saturated rings. The van der Waals surface area contributed by atoms with Crippen molar-refractivity contribution in [2.45, 2.75) is 26.9 Å². The Morgan fingerprint density at radius 2 is 1.25 bits per heavy atom. The lowest BCUT2D eigenvalue weighted by molar-refractivity contribution is -0.923.